The fraction of sp³-hybridized carbons (Fsp3) is 0.438. The van der Waals surface area contributed by atoms with Crippen LogP contribution in [0.4, 0.5) is 10.1 Å². The third-order valence-electron chi connectivity index (χ3n) is 4.54. The first kappa shape index (κ1) is 14.3. The van der Waals surface area contributed by atoms with Gasteiger partial charge in [-0.3, -0.25) is 4.79 Å². The van der Waals surface area contributed by atoms with Crippen LogP contribution in [-0.2, 0) is 4.79 Å². The van der Waals surface area contributed by atoms with E-state index in [4.69, 9.17) is 0 Å². The van der Waals surface area contributed by atoms with Gasteiger partial charge in [0.15, 0.2) is 0 Å². The van der Waals surface area contributed by atoms with E-state index in [-0.39, 0.29) is 11.8 Å². The highest BCUT2D eigenvalue weighted by molar-refractivity contribution is 5.98. The summed E-state index contributed by atoms with van der Waals surface area (Å²) in [5.74, 6) is -0.355. The summed E-state index contributed by atoms with van der Waals surface area (Å²) < 4.78 is 15.4. The number of carbonyl (C=O) groups excluding carboxylic acids is 1. The molecule has 0 spiro atoms. The highest BCUT2D eigenvalue weighted by atomic mass is 19.1. The third-order valence-corrected chi connectivity index (χ3v) is 4.54. The molecule has 23 heavy (non-hydrogen) atoms. The monoisotopic (exact) mass is 316 g/mol. The number of aliphatic hydroxyl groups is 1. The number of carbonyl (C=O) groups is 1. The summed E-state index contributed by atoms with van der Waals surface area (Å²) in [6.45, 7) is 0.435. The summed E-state index contributed by atoms with van der Waals surface area (Å²) in [5.41, 5.74) is 0.794. The Labute approximate surface area is 132 Å². The molecule has 0 radical (unpaired) electrons. The van der Waals surface area contributed by atoms with Gasteiger partial charge in [-0.05, 0) is 37.3 Å². The number of benzene rings is 1. The number of amides is 1. The van der Waals surface area contributed by atoms with Crippen molar-refractivity contribution < 1.29 is 14.3 Å². The third kappa shape index (κ3) is 2.50. The average Bonchev–Trinajstić information content (AvgIpc) is 3.17. The molecule has 1 N–H and O–H groups in total. The lowest BCUT2D eigenvalue weighted by molar-refractivity contribution is -0.120. The molecule has 1 aromatic carbocycles. The van der Waals surface area contributed by atoms with Crippen molar-refractivity contribution in [3.63, 3.8) is 0 Å². The van der Waals surface area contributed by atoms with E-state index in [1.165, 1.54) is 15.6 Å². The van der Waals surface area contributed by atoms with Crippen molar-refractivity contribution in [2.24, 2.45) is 5.92 Å². The van der Waals surface area contributed by atoms with Crippen LogP contribution in [0.3, 0.4) is 0 Å². The lowest BCUT2D eigenvalue weighted by Crippen LogP contribution is -2.29. The van der Waals surface area contributed by atoms with Crippen molar-refractivity contribution in [2.45, 2.75) is 31.4 Å². The maximum Gasteiger partial charge on any atom is 0.252 e. The molecule has 6 nitrogen and oxygen atoms in total. The predicted molar refractivity (Wildman–Crippen MR) is 80.1 cm³/mol. The van der Waals surface area contributed by atoms with Gasteiger partial charge in [0, 0.05) is 6.54 Å². The molecule has 4 rings (SSSR count). The molecule has 2 heterocycles. The minimum Gasteiger partial charge on any atom is -0.386 e. The second-order valence-corrected chi connectivity index (χ2v) is 6.15. The van der Waals surface area contributed by atoms with Crippen LogP contribution in [0, 0.1) is 11.7 Å². The topological polar surface area (TPSA) is 71.2 Å². The van der Waals surface area contributed by atoms with Gasteiger partial charge >= 0.3 is 0 Å². The van der Waals surface area contributed by atoms with Crippen molar-refractivity contribution in [3.05, 3.63) is 42.0 Å². The Balaban J connectivity index is 1.55. The van der Waals surface area contributed by atoms with Gasteiger partial charge in [-0.15, -0.1) is 5.10 Å². The SMILES string of the molecule is O=C1C(n2cc(C(O)C3CC3)nn2)CCN1c1ccccc1F. The average molecular weight is 316 g/mol. The first-order valence-corrected chi connectivity index (χ1v) is 7.81. The number of aliphatic hydroxyl groups excluding tert-OH is 1. The van der Waals surface area contributed by atoms with Crippen LogP contribution >= 0.6 is 0 Å². The fourth-order valence-corrected chi connectivity index (χ4v) is 3.05. The van der Waals surface area contributed by atoms with Gasteiger partial charge in [0.1, 0.15) is 23.7 Å². The lowest BCUT2D eigenvalue weighted by atomic mass is 10.2. The summed E-state index contributed by atoms with van der Waals surface area (Å²) in [6.07, 6.45) is 3.56. The highest BCUT2D eigenvalue weighted by Gasteiger charge is 2.37. The molecular weight excluding hydrogens is 299 g/mol. The molecule has 2 aliphatic rings. The zero-order chi connectivity index (χ0) is 16.0. The van der Waals surface area contributed by atoms with Crippen molar-refractivity contribution in [3.8, 4) is 0 Å². The number of hydrogen-bond acceptors (Lipinski definition) is 4. The molecule has 1 aliphatic heterocycles. The van der Waals surface area contributed by atoms with Gasteiger partial charge in [-0.25, -0.2) is 9.07 Å². The Morgan fingerprint density at radius 3 is 2.78 bits per heavy atom. The summed E-state index contributed by atoms with van der Waals surface area (Å²) in [4.78, 5) is 14.0. The molecule has 7 heteroatoms. The maximum atomic E-state index is 13.9. The van der Waals surface area contributed by atoms with E-state index in [9.17, 15) is 14.3 Å². The van der Waals surface area contributed by atoms with Crippen molar-refractivity contribution in [1.29, 1.82) is 0 Å². The Bertz CT molecular complexity index is 743. The predicted octanol–water partition coefficient (Wildman–Crippen LogP) is 1.84. The molecule has 0 bridgehead atoms. The first-order chi connectivity index (χ1) is 11.1. The molecule has 1 saturated heterocycles. The van der Waals surface area contributed by atoms with Crippen LogP contribution in [-0.4, -0.2) is 32.6 Å². The van der Waals surface area contributed by atoms with E-state index in [1.807, 2.05) is 0 Å². The van der Waals surface area contributed by atoms with Crippen LogP contribution in [0.15, 0.2) is 30.5 Å². The Morgan fingerprint density at radius 1 is 1.26 bits per heavy atom. The van der Waals surface area contributed by atoms with Gasteiger partial charge in [0.25, 0.3) is 5.91 Å². The van der Waals surface area contributed by atoms with E-state index < -0.39 is 18.0 Å². The highest BCUT2D eigenvalue weighted by Crippen LogP contribution is 2.40. The number of rotatable bonds is 4. The van der Waals surface area contributed by atoms with Gasteiger partial charge in [0.2, 0.25) is 0 Å². The first-order valence-electron chi connectivity index (χ1n) is 7.81. The lowest BCUT2D eigenvalue weighted by Gasteiger charge is -2.17. The summed E-state index contributed by atoms with van der Waals surface area (Å²) >= 11 is 0. The minimum absolute atomic E-state index is 0.201. The number of para-hydroxylation sites is 1. The Kier molecular flexibility index (Phi) is 3.37. The van der Waals surface area contributed by atoms with E-state index in [0.29, 0.717) is 24.3 Å². The molecule has 2 unspecified atom stereocenters. The number of nitrogens with zero attached hydrogens (tertiary/aromatic N) is 4. The summed E-state index contributed by atoms with van der Waals surface area (Å²) in [6, 6.07) is 5.75. The normalized spacial score (nSPS) is 22.6. The molecule has 1 aliphatic carbocycles. The molecule has 1 amide bonds. The second kappa shape index (κ2) is 5.42. The Morgan fingerprint density at radius 2 is 2.04 bits per heavy atom. The summed E-state index contributed by atoms with van der Waals surface area (Å²) in [7, 11) is 0. The smallest absolute Gasteiger partial charge is 0.252 e. The standard InChI is InChI=1S/C16H17FN4O2/c17-11-3-1-2-4-13(11)20-8-7-14(16(20)23)21-9-12(18-19-21)15(22)10-5-6-10/h1-4,9-10,14-15,22H,5-8H2. The van der Waals surface area contributed by atoms with E-state index in [0.717, 1.165) is 12.8 Å². The van der Waals surface area contributed by atoms with Crippen molar-refractivity contribution in [1.82, 2.24) is 15.0 Å². The van der Waals surface area contributed by atoms with Crippen LogP contribution < -0.4 is 4.90 Å². The quantitative estimate of drug-likeness (QED) is 0.934. The van der Waals surface area contributed by atoms with E-state index >= 15 is 0 Å². The fourth-order valence-electron chi connectivity index (χ4n) is 3.05. The zero-order valence-electron chi connectivity index (χ0n) is 12.5. The molecule has 2 atom stereocenters. The van der Waals surface area contributed by atoms with Crippen molar-refractivity contribution >= 4 is 11.6 Å². The van der Waals surface area contributed by atoms with Crippen molar-refractivity contribution in [2.75, 3.05) is 11.4 Å². The largest absolute Gasteiger partial charge is 0.386 e. The molecule has 1 aromatic heterocycles. The molecule has 2 aromatic rings. The molecule has 1 saturated carbocycles. The molecule has 2 fully saturated rings. The maximum absolute atomic E-state index is 13.9. The van der Waals surface area contributed by atoms with Crippen LogP contribution in [0.5, 0.6) is 0 Å². The number of anilines is 1. The van der Waals surface area contributed by atoms with Crippen LogP contribution in [0.25, 0.3) is 0 Å². The minimum atomic E-state index is -0.608. The zero-order valence-corrected chi connectivity index (χ0v) is 12.5. The van der Waals surface area contributed by atoms with Gasteiger partial charge in [-0.1, -0.05) is 17.3 Å². The Hall–Kier alpha value is -2.28. The van der Waals surface area contributed by atoms with Gasteiger partial charge < -0.3 is 10.0 Å². The number of halogens is 1. The summed E-state index contributed by atoms with van der Waals surface area (Å²) in [5, 5.41) is 18.1. The number of hydrogen-bond donors (Lipinski definition) is 1. The van der Waals surface area contributed by atoms with Crippen LogP contribution in [0.1, 0.15) is 37.1 Å². The second-order valence-electron chi connectivity index (χ2n) is 6.15. The van der Waals surface area contributed by atoms with E-state index in [2.05, 4.69) is 10.3 Å². The number of aromatic nitrogens is 3. The van der Waals surface area contributed by atoms with E-state index in [1.54, 1.807) is 24.4 Å². The molecule has 120 valence electrons. The van der Waals surface area contributed by atoms with Crippen LogP contribution in [0.2, 0.25) is 0 Å². The molecular formula is C16H17FN4O2. The van der Waals surface area contributed by atoms with Gasteiger partial charge in [-0.2, -0.15) is 0 Å². The van der Waals surface area contributed by atoms with Gasteiger partial charge in [0.05, 0.1) is 11.9 Å².